The summed E-state index contributed by atoms with van der Waals surface area (Å²) >= 11 is 6.94. The van der Waals surface area contributed by atoms with Gasteiger partial charge in [-0.15, -0.1) is 0 Å². The van der Waals surface area contributed by atoms with Crippen molar-refractivity contribution >= 4 is 56.8 Å². The van der Waals surface area contributed by atoms with Crippen LogP contribution in [0.4, 0.5) is 14.6 Å². The molecule has 5 atom stereocenters. The number of nitrogens with one attached hydrogen (secondary N) is 1. The van der Waals surface area contributed by atoms with Gasteiger partial charge < -0.3 is 44.2 Å². The molecular weight excluding hydrogens is 1080 g/mol. The number of fused-ring (bicyclic) bond motifs is 2. The van der Waals surface area contributed by atoms with Gasteiger partial charge in [0.2, 0.25) is 11.8 Å². The number of piperazine rings is 1. The maximum atomic E-state index is 17.3. The lowest BCUT2D eigenvalue weighted by Crippen LogP contribution is -2.55. The minimum Gasteiger partial charge on any atom is -0.508 e. The maximum absolute atomic E-state index is 17.3. The molecule has 19 nitrogen and oxygen atoms in total. The number of rotatable bonds is 18. The fourth-order valence-corrected chi connectivity index (χ4v) is 11.8. The summed E-state index contributed by atoms with van der Waals surface area (Å²) in [5, 5.41) is 44.2. The van der Waals surface area contributed by atoms with E-state index in [1.165, 1.54) is 15.9 Å². The van der Waals surface area contributed by atoms with Crippen LogP contribution in [0.3, 0.4) is 0 Å². The van der Waals surface area contributed by atoms with Crippen molar-refractivity contribution in [2.45, 2.75) is 76.6 Å². The number of benzene rings is 4. The Morgan fingerprint density at radius 1 is 0.963 bits per heavy atom. The van der Waals surface area contributed by atoms with Gasteiger partial charge in [0, 0.05) is 69.4 Å². The zero-order valence-corrected chi connectivity index (χ0v) is 46.7. The van der Waals surface area contributed by atoms with Crippen LogP contribution in [0, 0.1) is 29.0 Å². The highest BCUT2D eigenvalue weighted by Crippen LogP contribution is 2.43. The Kier molecular flexibility index (Phi) is 17.0. The monoisotopic (exact) mass is 1140 g/mol. The zero-order chi connectivity index (χ0) is 57.9. The molecule has 4 aromatic carbocycles. The average molecular weight is 1140 g/mol. The molecule has 10 rings (SSSR count). The maximum Gasteiger partial charge on any atom is 0.319 e. The number of anilines is 1. The molecule has 0 saturated carbocycles. The van der Waals surface area contributed by atoms with E-state index in [9.17, 15) is 34.2 Å². The number of halogens is 3. The van der Waals surface area contributed by atoms with Gasteiger partial charge in [-0.05, 0) is 102 Å². The van der Waals surface area contributed by atoms with Gasteiger partial charge >= 0.3 is 6.01 Å². The van der Waals surface area contributed by atoms with Crippen molar-refractivity contribution in [2.24, 2.45) is 18.9 Å². The summed E-state index contributed by atoms with van der Waals surface area (Å²) in [7, 11) is 1.87. The second-order valence-corrected chi connectivity index (χ2v) is 22.1. The number of aliphatic hydroxyl groups excluding tert-OH is 1. The summed E-state index contributed by atoms with van der Waals surface area (Å²) in [5.74, 6) is -3.69. The Morgan fingerprint density at radius 2 is 1.73 bits per heavy atom. The number of ether oxygens (including phenoxy) is 2. The number of aromatic nitrogens is 5. The first-order valence-electron chi connectivity index (χ1n) is 27.5. The Labute approximate surface area is 477 Å². The SMILES string of the molecule is C=C(F)C(=O)N1CCN(c2nc(OCCN3CCC(COc4cc([C@H](C(=O)N5C[C@H](O)C[C@H]5C(=O)N[C@@H](C)c5ccc(-c6ccnn6C)cc5)C(C)C)on4)CC3)nc3c(F)c(-c4cc(O)cc5ccccc45)c(Cl)cc23)C[C@@H]1CC#N. The molecule has 3 fully saturated rings. The van der Waals surface area contributed by atoms with Gasteiger partial charge in [-0.2, -0.15) is 20.3 Å². The van der Waals surface area contributed by atoms with Crippen LogP contribution < -0.4 is 19.7 Å². The Morgan fingerprint density at radius 3 is 2.45 bits per heavy atom. The number of nitriles is 1. The summed E-state index contributed by atoms with van der Waals surface area (Å²) in [6.07, 6.45) is 2.42. The quantitative estimate of drug-likeness (QED) is 0.0685. The third-order valence-corrected chi connectivity index (χ3v) is 16.2. The number of β-amino-alcohol motifs (C(OH)–C–C–N with tert-alkyl or cyclic N) is 1. The van der Waals surface area contributed by atoms with E-state index in [1.54, 1.807) is 52.2 Å². The number of likely N-dealkylation sites (tertiary alicyclic amines) is 2. The van der Waals surface area contributed by atoms with Crippen molar-refractivity contribution in [3.8, 4) is 46.1 Å². The molecule has 22 heteroatoms. The highest BCUT2D eigenvalue weighted by atomic mass is 35.5. The van der Waals surface area contributed by atoms with E-state index in [0.29, 0.717) is 48.3 Å². The van der Waals surface area contributed by atoms with Crippen LogP contribution in [0.1, 0.15) is 69.7 Å². The van der Waals surface area contributed by atoms with E-state index >= 15 is 4.39 Å². The number of phenolic OH excluding ortho intramolecular Hbond substituents is 1. The average Bonchev–Trinajstić information content (AvgIpc) is 2.08. The molecule has 0 aliphatic carbocycles. The topological polar surface area (TPSA) is 229 Å². The molecule has 0 unspecified atom stereocenters. The van der Waals surface area contributed by atoms with Gasteiger partial charge in [0.1, 0.15) is 35.7 Å². The van der Waals surface area contributed by atoms with Crippen molar-refractivity contribution < 1.29 is 47.4 Å². The number of piperidine rings is 1. The third kappa shape index (κ3) is 12.1. The van der Waals surface area contributed by atoms with Crippen molar-refractivity contribution in [3.63, 3.8) is 0 Å². The molecule has 82 heavy (non-hydrogen) atoms. The Bertz CT molecular complexity index is 3560. The molecule has 7 aromatic rings. The molecule has 0 spiro atoms. The minimum absolute atomic E-state index is 0.00111. The first-order valence-corrected chi connectivity index (χ1v) is 27.8. The van der Waals surface area contributed by atoms with Crippen LogP contribution in [-0.4, -0.2) is 145 Å². The number of aliphatic hydroxyl groups is 1. The number of phenols is 1. The molecule has 3 aromatic heterocycles. The van der Waals surface area contributed by atoms with Gasteiger partial charge in [0.25, 0.3) is 11.8 Å². The summed E-state index contributed by atoms with van der Waals surface area (Å²) in [6.45, 7) is 11.5. The minimum atomic E-state index is -1.14. The van der Waals surface area contributed by atoms with Crippen LogP contribution in [0.15, 0.2) is 102 Å². The molecule has 0 bridgehead atoms. The number of aromatic hydroxyl groups is 1. The van der Waals surface area contributed by atoms with E-state index in [1.807, 2.05) is 64.2 Å². The summed E-state index contributed by atoms with van der Waals surface area (Å²) in [4.78, 5) is 57.0. The summed E-state index contributed by atoms with van der Waals surface area (Å²) < 4.78 is 51.3. The van der Waals surface area contributed by atoms with E-state index in [-0.39, 0.29) is 120 Å². The highest BCUT2D eigenvalue weighted by Gasteiger charge is 2.44. The fraction of sp³-hybridized carbons (Fsp3) is 0.400. The molecule has 6 heterocycles. The molecule has 3 aliphatic rings. The van der Waals surface area contributed by atoms with E-state index in [0.717, 1.165) is 29.7 Å². The largest absolute Gasteiger partial charge is 0.508 e. The molecule has 3 N–H and O–H groups in total. The number of aryl methyl sites for hydroxylation is 1. The molecule has 0 radical (unpaired) electrons. The first-order chi connectivity index (χ1) is 39.5. The lowest BCUT2D eigenvalue weighted by Gasteiger charge is -2.41. The van der Waals surface area contributed by atoms with Crippen LogP contribution in [0.5, 0.6) is 17.6 Å². The number of carbonyl (C=O) groups is 3. The van der Waals surface area contributed by atoms with Crippen LogP contribution in [0.25, 0.3) is 44.1 Å². The highest BCUT2D eigenvalue weighted by molar-refractivity contribution is 6.35. The van der Waals surface area contributed by atoms with Gasteiger partial charge in [-0.1, -0.05) is 80.6 Å². The van der Waals surface area contributed by atoms with E-state index < -0.39 is 41.7 Å². The second kappa shape index (κ2) is 24.5. The lowest BCUT2D eigenvalue weighted by molar-refractivity contribution is -0.141. The smallest absolute Gasteiger partial charge is 0.319 e. The zero-order valence-electron chi connectivity index (χ0n) is 46.0. The van der Waals surface area contributed by atoms with E-state index in [2.05, 4.69) is 38.1 Å². The van der Waals surface area contributed by atoms with Crippen molar-refractivity contribution in [1.82, 2.24) is 44.9 Å². The lowest BCUT2D eigenvalue weighted by atomic mass is 9.91. The Balaban J connectivity index is 0.767. The first kappa shape index (κ1) is 57.1. The van der Waals surface area contributed by atoms with Gasteiger partial charge in [0.15, 0.2) is 17.4 Å². The molecular formula is C60H64ClF2N11O8. The molecule has 428 valence electrons. The number of amides is 3. The van der Waals surface area contributed by atoms with Crippen molar-refractivity contribution in [3.05, 3.63) is 120 Å². The number of nitrogens with zero attached hydrogens (tertiary/aromatic N) is 10. The van der Waals surface area contributed by atoms with Gasteiger partial charge in [0.05, 0.1) is 48.0 Å². The molecule has 3 saturated heterocycles. The predicted octanol–water partition coefficient (Wildman–Crippen LogP) is 8.50. The van der Waals surface area contributed by atoms with Gasteiger partial charge in [-0.3, -0.25) is 24.0 Å². The number of hydrogen-bond donors (Lipinski definition) is 3. The standard InChI is InChI=1S/C60H64ClF2N11O8/c1-34(2)52(59(79)74-32-43(76)28-49(74)57(77)66-36(4)38-10-12-39(13-11-38)48-15-19-65-70(48)5)50-30-51(69-82-50)81-33-37-16-20-71(21-17-37)24-25-80-60-67-55-46(56(68-60)72-22-23-73(58(78)35(3)62)41(31-72)14-18-64)29-47(61)53(54(55)63)45-27-42(75)26-40-8-6-7-9-44(40)45/h6-13,15,19,26-27,29-30,34,36-37,41,43,49,52,75-76H,3,14,16-17,20-25,28,31-33H2,1-2,4-5H3,(H,66,77)/t36-,41-,43+,49-,52+/m0/s1. The predicted molar refractivity (Wildman–Crippen MR) is 303 cm³/mol. The number of hydrogen-bond acceptors (Lipinski definition) is 15. The Hall–Kier alpha value is -8.19. The van der Waals surface area contributed by atoms with E-state index in [4.69, 9.17) is 30.6 Å². The van der Waals surface area contributed by atoms with Crippen LogP contribution >= 0.6 is 11.6 Å². The molecule has 3 aliphatic heterocycles. The summed E-state index contributed by atoms with van der Waals surface area (Å²) in [6, 6.07) is 23.2. The molecule has 3 amide bonds. The normalized spacial score (nSPS) is 18.7. The fourth-order valence-electron chi connectivity index (χ4n) is 11.5. The number of carbonyl (C=O) groups excluding carboxylic acids is 3. The second-order valence-electron chi connectivity index (χ2n) is 21.7. The third-order valence-electron chi connectivity index (χ3n) is 15.9. The van der Waals surface area contributed by atoms with Crippen molar-refractivity contribution in [2.75, 3.05) is 63.9 Å². The van der Waals surface area contributed by atoms with Crippen LogP contribution in [0.2, 0.25) is 5.02 Å². The van der Waals surface area contributed by atoms with Crippen molar-refractivity contribution in [1.29, 1.82) is 5.26 Å². The summed E-state index contributed by atoms with van der Waals surface area (Å²) in [5.41, 5.74) is 3.10. The van der Waals surface area contributed by atoms with Gasteiger partial charge in [-0.25, -0.2) is 8.78 Å². The van der Waals surface area contributed by atoms with Crippen LogP contribution in [-0.2, 0) is 21.4 Å².